The Hall–Kier alpha value is -4.09. The van der Waals surface area contributed by atoms with E-state index in [1.165, 1.54) is 6.92 Å². The summed E-state index contributed by atoms with van der Waals surface area (Å²) in [5.74, 6) is -0.188. The van der Waals surface area contributed by atoms with Crippen molar-refractivity contribution in [2.45, 2.75) is 63.2 Å². The number of nitrogens with one attached hydrogen (secondary N) is 1. The lowest BCUT2D eigenvalue weighted by Gasteiger charge is -2.36. The fourth-order valence-corrected chi connectivity index (χ4v) is 5.78. The second kappa shape index (κ2) is 15.1. The lowest BCUT2D eigenvalue weighted by Crippen LogP contribution is -2.35. The number of nitrogens with zero attached hydrogens (tertiary/aromatic N) is 2. The van der Waals surface area contributed by atoms with Crippen molar-refractivity contribution in [3.63, 3.8) is 0 Å². The second-order valence-corrected chi connectivity index (χ2v) is 11.4. The summed E-state index contributed by atoms with van der Waals surface area (Å²) in [7, 11) is 0. The van der Waals surface area contributed by atoms with Crippen LogP contribution in [-0.4, -0.2) is 44.9 Å². The number of aliphatic hydroxyl groups is 1. The van der Waals surface area contributed by atoms with Crippen molar-refractivity contribution >= 4 is 23.6 Å². The minimum atomic E-state index is -0.867. The Morgan fingerprint density at radius 3 is 2.39 bits per heavy atom. The highest BCUT2D eigenvalue weighted by atomic mass is 32.2. The molecule has 1 amide bonds. The molecule has 1 fully saturated rings. The first-order valence-corrected chi connectivity index (χ1v) is 15.4. The van der Waals surface area contributed by atoms with Crippen LogP contribution >= 0.6 is 11.8 Å². The third kappa shape index (κ3) is 8.29. The summed E-state index contributed by atoms with van der Waals surface area (Å²) >= 11 is 1.55. The maximum atomic E-state index is 12.4. The Bertz CT molecular complexity index is 1540. The van der Waals surface area contributed by atoms with E-state index in [0.29, 0.717) is 23.9 Å². The monoisotopic (exact) mass is 613 g/mol. The number of ether oxygens (including phenoxy) is 3. The molecule has 0 spiro atoms. The van der Waals surface area contributed by atoms with Crippen LogP contribution in [0.2, 0.25) is 0 Å². The fourth-order valence-electron chi connectivity index (χ4n) is 4.95. The molecule has 1 aliphatic rings. The Morgan fingerprint density at radius 2 is 1.68 bits per heavy atom. The van der Waals surface area contributed by atoms with Gasteiger partial charge in [0.15, 0.2) is 17.6 Å². The highest BCUT2D eigenvalue weighted by Gasteiger charge is 2.32. The van der Waals surface area contributed by atoms with Crippen LogP contribution in [0.1, 0.15) is 54.9 Å². The van der Waals surface area contributed by atoms with Gasteiger partial charge in [0.25, 0.3) is 5.91 Å². The number of thioether (sulfide) groups is 1. The molecule has 0 bridgehead atoms. The molecule has 3 aromatic carbocycles. The van der Waals surface area contributed by atoms with Gasteiger partial charge in [-0.3, -0.25) is 9.59 Å². The molecule has 10 heteroatoms. The number of carbonyl (C=O) groups is 2. The quantitative estimate of drug-likeness (QED) is 0.128. The van der Waals surface area contributed by atoms with Crippen molar-refractivity contribution in [3.8, 4) is 11.1 Å². The lowest BCUT2D eigenvalue weighted by atomic mass is 9.97. The SMILES string of the molecule is CC(=O)O[C@@H](C)C(=O)NCc1ccccc1-c1ccc([C@@H]2O[C@H](CSc3ncccn3)C[C@H](c3ccc(CO)cc3)O2)cc1. The smallest absolute Gasteiger partial charge is 0.303 e. The van der Waals surface area contributed by atoms with Gasteiger partial charge >= 0.3 is 5.97 Å². The van der Waals surface area contributed by atoms with E-state index in [1.807, 2.05) is 72.8 Å². The van der Waals surface area contributed by atoms with Gasteiger partial charge in [-0.05, 0) is 40.8 Å². The predicted octanol–water partition coefficient (Wildman–Crippen LogP) is 5.54. The van der Waals surface area contributed by atoms with Crippen LogP contribution in [0, 0.1) is 0 Å². The zero-order chi connectivity index (χ0) is 30.9. The Kier molecular flexibility index (Phi) is 10.7. The minimum Gasteiger partial charge on any atom is -0.453 e. The number of aromatic nitrogens is 2. The molecule has 9 nitrogen and oxygen atoms in total. The molecule has 0 unspecified atom stereocenters. The van der Waals surface area contributed by atoms with E-state index in [1.54, 1.807) is 37.1 Å². The van der Waals surface area contributed by atoms with E-state index >= 15 is 0 Å². The number of amides is 1. The van der Waals surface area contributed by atoms with Gasteiger partial charge in [-0.1, -0.05) is 84.6 Å². The van der Waals surface area contributed by atoms with Crippen LogP contribution in [0.15, 0.2) is 96.4 Å². The molecular formula is C34H35N3O6S. The molecule has 5 rings (SSSR count). The van der Waals surface area contributed by atoms with Crippen LogP contribution in [0.3, 0.4) is 0 Å². The highest BCUT2D eigenvalue weighted by Crippen LogP contribution is 2.39. The van der Waals surface area contributed by atoms with E-state index in [9.17, 15) is 14.7 Å². The minimum absolute atomic E-state index is 0.0108. The zero-order valence-corrected chi connectivity index (χ0v) is 25.4. The number of carbonyl (C=O) groups excluding carboxylic acids is 2. The Labute approximate surface area is 261 Å². The number of benzene rings is 3. The molecule has 0 saturated carbocycles. The fraction of sp³-hybridized carbons (Fsp3) is 0.294. The van der Waals surface area contributed by atoms with E-state index < -0.39 is 18.4 Å². The van der Waals surface area contributed by atoms with Gasteiger partial charge in [-0.15, -0.1) is 0 Å². The van der Waals surface area contributed by atoms with Crippen LogP contribution in [-0.2, 0) is 37.0 Å². The van der Waals surface area contributed by atoms with Crippen LogP contribution in [0.25, 0.3) is 11.1 Å². The van der Waals surface area contributed by atoms with Crippen LogP contribution in [0.5, 0.6) is 0 Å². The summed E-state index contributed by atoms with van der Waals surface area (Å²) in [6.07, 6.45) is 2.37. The van der Waals surface area contributed by atoms with Gasteiger partial charge in [-0.25, -0.2) is 9.97 Å². The normalized spacial score (nSPS) is 18.8. The third-order valence-corrected chi connectivity index (χ3v) is 8.24. The predicted molar refractivity (Wildman–Crippen MR) is 166 cm³/mol. The molecular weight excluding hydrogens is 578 g/mol. The molecule has 0 aliphatic carbocycles. The number of esters is 1. The van der Waals surface area contributed by atoms with Gasteiger partial charge in [0.2, 0.25) is 0 Å². The molecule has 1 saturated heterocycles. The molecule has 4 aromatic rings. The van der Waals surface area contributed by atoms with E-state index in [0.717, 1.165) is 33.4 Å². The Morgan fingerprint density at radius 1 is 0.977 bits per heavy atom. The molecule has 4 atom stereocenters. The van der Waals surface area contributed by atoms with Crippen molar-refractivity contribution in [2.24, 2.45) is 0 Å². The summed E-state index contributed by atoms with van der Waals surface area (Å²) in [5.41, 5.74) is 5.64. The van der Waals surface area contributed by atoms with E-state index in [2.05, 4.69) is 15.3 Å². The average molecular weight is 614 g/mol. The van der Waals surface area contributed by atoms with Gasteiger partial charge in [0.05, 0.1) is 18.8 Å². The average Bonchev–Trinajstić information content (AvgIpc) is 3.06. The van der Waals surface area contributed by atoms with Gasteiger partial charge < -0.3 is 24.6 Å². The third-order valence-electron chi connectivity index (χ3n) is 7.23. The zero-order valence-electron chi connectivity index (χ0n) is 24.6. The number of hydrogen-bond donors (Lipinski definition) is 2. The van der Waals surface area contributed by atoms with Crippen LogP contribution < -0.4 is 5.32 Å². The molecule has 228 valence electrons. The summed E-state index contributed by atoms with van der Waals surface area (Å²) in [4.78, 5) is 32.2. The summed E-state index contributed by atoms with van der Waals surface area (Å²) in [5, 5.41) is 13.0. The van der Waals surface area contributed by atoms with E-state index in [-0.39, 0.29) is 24.7 Å². The van der Waals surface area contributed by atoms with Crippen molar-refractivity contribution in [1.29, 1.82) is 0 Å². The van der Waals surface area contributed by atoms with Gasteiger partial charge in [0, 0.05) is 43.6 Å². The van der Waals surface area contributed by atoms with Crippen molar-refractivity contribution in [1.82, 2.24) is 15.3 Å². The first-order chi connectivity index (χ1) is 21.4. The molecule has 2 N–H and O–H groups in total. The summed E-state index contributed by atoms with van der Waals surface area (Å²) in [6, 6.07) is 25.5. The van der Waals surface area contributed by atoms with Crippen molar-refractivity contribution in [2.75, 3.05) is 5.75 Å². The van der Waals surface area contributed by atoms with Gasteiger partial charge in [0.1, 0.15) is 0 Å². The maximum Gasteiger partial charge on any atom is 0.303 e. The first-order valence-electron chi connectivity index (χ1n) is 14.4. The van der Waals surface area contributed by atoms with E-state index in [4.69, 9.17) is 14.2 Å². The summed E-state index contributed by atoms with van der Waals surface area (Å²) in [6.45, 7) is 3.10. The molecule has 44 heavy (non-hydrogen) atoms. The summed E-state index contributed by atoms with van der Waals surface area (Å²) < 4.78 is 17.9. The van der Waals surface area contributed by atoms with Crippen LogP contribution in [0.4, 0.5) is 0 Å². The highest BCUT2D eigenvalue weighted by molar-refractivity contribution is 7.99. The topological polar surface area (TPSA) is 120 Å². The number of rotatable bonds is 11. The standard InChI is InChI=1S/C34H35N3O6S/c1-22(41-23(2)39)32(40)37-19-28-6-3-4-7-30(28)25-12-14-27(15-13-25)33-42-29(21-44-34-35-16-5-17-36-34)18-31(43-33)26-10-8-24(20-38)9-11-26/h3-17,22,29,31,33,38H,18-21H2,1-2H3,(H,37,40)/t22-,29-,31+,33+/m0/s1. The molecule has 1 aromatic heterocycles. The maximum absolute atomic E-state index is 12.4. The van der Waals surface area contributed by atoms with Crippen molar-refractivity contribution in [3.05, 3.63) is 114 Å². The van der Waals surface area contributed by atoms with Crippen molar-refractivity contribution < 1.29 is 28.9 Å². The Balaban J connectivity index is 1.31. The second-order valence-electron chi connectivity index (χ2n) is 10.4. The lowest BCUT2D eigenvalue weighted by molar-refractivity contribution is -0.245. The first kappa shape index (κ1) is 31.3. The van der Waals surface area contributed by atoms with Gasteiger partial charge in [-0.2, -0.15) is 0 Å². The molecule has 2 heterocycles. The largest absolute Gasteiger partial charge is 0.453 e. The molecule has 1 aliphatic heterocycles. The number of hydrogen-bond acceptors (Lipinski definition) is 9. The number of aliphatic hydroxyl groups excluding tert-OH is 1. The molecule has 0 radical (unpaired) electrons.